The van der Waals surface area contributed by atoms with E-state index in [0.717, 1.165) is 29.7 Å². The number of pyridine rings is 1. The molecule has 22 heavy (non-hydrogen) atoms. The zero-order chi connectivity index (χ0) is 15.6. The topological polar surface area (TPSA) is 34.5 Å². The number of nitrogens with zero attached hydrogens (tertiary/aromatic N) is 2. The summed E-state index contributed by atoms with van der Waals surface area (Å²) in [4.78, 5) is 9.75. The van der Waals surface area contributed by atoms with Crippen LogP contribution in [0.4, 0.5) is 0 Å². The molecule has 1 aliphatic heterocycles. The first kappa shape index (κ1) is 14.8. The van der Waals surface area contributed by atoms with Crippen LogP contribution >= 0.6 is 0 Å². The number of hydrogen-bond acceptors (Lipinski definition) is 3. The average molecular weight is 294 g/mol. The summed E-state index contributed by atoms with van der Waals surface area (Å²) in [5.41, 5.74) is 4.75. The van der Waals surface area contributed by atoms with Crippen LogP contribution in [-0.4, -0.2) is 16.8 Å². The Labute approximate surface area is 132 Å². The van der Waals surface area contributed by atoms with Gasteiger partial charge in [0.25, 0.3) is 0 Å². The molecule has 1 aliphatic rings. The maximum atomic E-state index is 5.59. The maximum Gasteiger partial charge on any atom is 0.133 e. The predicted octanol–water partition coefficient (Wildman–Crippen LogP) is 4.68. The molecule has 0 spiro atoms. The fourth-order valence-corrected chi connectivity index (χ4v) is 2.78. The van der Waals surface area contributed by atoms with Crippen molar-refractivity contribution >= 4 is 5.71 Å². The molecule has 0 N–H and O–H groups in total. The molecule has 0 fully saturated rings. The molecule has 0 aliphatic carbocycles. The molecular formula is C19H22N2O. The van der Waals surface area contributed by atoms with Crippen LogP contribution in [0.15, 0.2) is 53.9 Å². The first-order chi connectivity index (χ1) is 10.5. The number of oxime groups is 1. The van der Waals surface area contributed by atoms with Crippen molar-refractivity contribution in [2.24, 2.45) is 10.6 Å². The Bertz CT molecular complexity index is 654. The summed E-state index contributed by atoms with van der Waals surface area (Å²) < 4.78 is 0. The highest BCUT2D eigenvalue weighted by Crippen LogP contribution is 2.29. The van der Waals surface area contributed by atoms with E-state index in [1.807, 2.05) is 12.3 Å². The molecule has 3 nitrogen and oxygen atoms in total. The van der Waals surface area contributed by atoms with Crippen LogP contribution in [0, 0.1) is 5.41 Å². The standard InChI is InChI=1S/C19H22N2O/c1-19(2,3)12-17-11-18(21-22-17)15-8-6-14(7-9-15)16-5-4-10-20-13-16/h4-10,13,17H,11-12H2,1-3H3/t17-/m1/s1. The van der Waals surface area contributed by atoms with E-state index in [1.54, 1.807) is 6.20 Å². The van der Waals surface area contributed by atoms with Gasteiger partial charge in [-0.2, -0.15) is 0 Å². The highest BCUT2D eigenvalue weighted by molar-refractivity contribution is 6.01. The van der Waals surface area contributed by atoms with Gasteiger partial charge < -0.3 is 4.84 Å². The van der Waals surface area contributed by atoms with Crippen LogP contribution < -0.4 is 0 Å². The third-order valence-corrected chi connectivity index (χ3v) is 3.79. The highest BCUT2D eigenvalue weighted by Gasteiger charge is 2.26. The van der Waals surface area contributed by atoms with Gasteiger partial charge in [0.1, 0.15) is 6.10 Å². The quantitative estimate of drug-likeness (QED) is 0.824. The zero-order valence-corrected chi connectivity index (χ0v) is 13.4. The summed E-state index contributed by atoms with van der Waals surface area (Å²) in [5, 5.41) is 4.28. The zero-order valence-electron chi connectivity index (χ0n) is 13.4. The number of hydrogen-bond donors (Lipinski definition) is 0. The SMILES string of the molecule is CC(C)(C)C[C@H]1CC(c2ccc(-c3cccnc3)cc2)=NO1. The van der Waals surface area contributed by atoms with Gasteiger partial charge in [-0.05, 0) is 34.6 Å². The van der Waals surface area contributed by atoms with Crippen molar-refractivity contribution < 1.29 is 4.84 Å². The Morgan fingerprint density at radius 3 is 2.41 bits per heavy atom. The Hall–Kier alpha value is -2.16. The summed E-state index contributed by atoms with van der Waals surface area (Å²) in [6.45, 7) is 6.70. The fraction of sp³-hybridized carbons (Fsp3) is 0.368. The Kier molecular flexibility index (Phi) is 3.97. The van der Waals surface area contributed by atoms with Crippen molar-refractivity contribution in [3.05, 3.63) is 54.4 Å². The van der Waals surface area contributed by atoms with Crippen LogP contribution in [0.5, 0.6) is 0 Å². The molecule has 3 rings (SSSR count). The lowest BCUT2D eigenvalue weighted by Gasteiger charge is -2.21. The van der Waals surface area contributed by atoms with Crippen molar-refractivity contribution in [3.8, 4) is 11.1 Å². The van der Waals surface area contributed by atoms with Gasteiger partial charge in [0, 0.05) is 18.8 Å². The molecule has 0 unspecified atom stereocenters. The third-order valence-electron chi connectivity index (χ3n) is 3.79. The largest absolute Gasteiger partial charge is 0.392 e. The Morgan fingerprint density at radius 1 is 1.05 bits per heavy atom. The molecule has 2 heterocycles. The molecule has 0 radical (unpaired) electrons. The lowest BCUT2D eigenvalue weighted by Crippen LogP contribution is -2.18. The fourth-order valence-electron chi connectivity index (χ4n) is 2.78. The van der Waals surface area contributed by atoms with Crippen LogP contribution in [0.2, 0.25) is 0 Å². The van der Waals surface area contributed by atoms with Gasteiger partial charge in [-0.3, -0.25) is 4.98 Å². The molecule has 3 heteroatoms. The predicted molar refractivity (Wildman–Crippen MR) is 89.8 cm³/mol. The molecule has 114 valence electrons. The average Bonchev–Trinajstić information content (AvgIpc) is 2.95. The van der Waals surface area contributed by atoms with Crippen molar-refractivity contribution in [3.63, 3.8) is 0 Å². The summed E-state index contributed by atoms with van der Waals surface area (Å²) in [6.07, 6.45) is 5.78. The van der Waals surface area contributed by atoms with E-state index in [4.69, 9.17) is 4.84 Å². The van der Waals surface area contributed by atoms with Crippen LogP contribution in [-0.2, 0) is 4.84 Å². The van der Waals surface area contributed by atoms with E-state index in [-0.39, 0.29) is 11.5 Å². The van der Waals surface area contributed by atoms with Gasteiger partial charge in [-0.25, -0.2) is 0 Å². The second-order valence-corrected chi connectivity index (χ2v) is 7.05. The van der Waals surface area contributed by atoms with Gasteiger partial charge in [0.2, 0.25) is 0 Å². The minimum atomic E-state index is 0.202. The summed E-state index contributed by atoms with van der Waals surface area (Å²) >= 11 is 0. The molecule has 1 aromatic heterocycles. The summed E-state index contributed by atoms with van der Waals surface area (Å²) in [6, 6.07) is 12.5. The lowest BCUT2D eigenvalue weighted by molar-refractivity contribution is 0.0540. The minimum Gasteiger partial charge on any atom is -0.392 e. The number of aromatic nitrogens is 1. The minimum absolute atomic E-state index is 0.202. The van der Waals surface area contributed by atoms with Gasteiger partial charge in [-0.1, -0.05) is 56.3 Å². The van der Waals surface area contributed by atoms with Crippen LogP contribution in [0.25, 0.3) is 11.1 Å². The van der Waals surface area contributed by atoms with E-state index in [1.165, 1.54) is 5.56 Å². The van der Waals surface area contributed by atoms with Gasteiger partial charge >= 0.3 is 0 Å². The number of rotatable bonds is 3. The molecule has 0 saturated heterocycles. The number of benzene rings is 1. The first-order valence-electron chi connectivity index (χ1n) is 7.75. The molecular weight excluding hydrogens is 272 g/mol. The van der Waals surface area contributed by atoms with Crippen molar-refractivity contribution in [2.45, 2.75) is 39.7 Å². The lowest BCUT2D eigenvalue weighted by atomic mass is 9.87. The van der Waals surface area contributed by atoms with E-state index in [0.29, 0.717) is 0 Å². The van der Waals surface area contributed by atoms with E-state index >= 15 is 0 Å². The van der Waals surface area contributed by atoms with E-state index < -0.39 is 0 Å². The van der Waals surface area contributed by atoms with Gasteiger partial charge in [-0.15, -0.1) is 0 Å². The molecule has 0 bridgehead atoms. The van der Waals surface area contributed by atoms with Crippen molar-refractivity contribution in [2.75, 3.05) is 0 Å². The van der Waals surface area contributed by atoms with Gasteiger partial charge in [0.05, 0.1) is 5.71 Å². The second-order valence-electron chi connectivity index (χ2n) is 7.05. The molecule has 0 amide bonds. The van der Waals surface area contributed by atoms with E-state index in [2.05, 4.69) is 61.2 Å². The molecule has 0 saturated carbocycles. The van der Waals surface area contributed by atoms with Crippen LogP contribution in [0.3, 0.4) is 0 Å². The Morgan fingerprint density at radius 2 is 1.77 bits per heavy atom. The maximum absolute atomic E-state index is 5.59. The molecule has 2 aromatic rings. The van der Waals surface area contributed by atoms with Crippen molar-refractivity contribution in [1.29, 1.82) is 0 Å². The second kappa shape index (κ2) is 5.91. The van der Waals surface area contributed by atoms with Crippen LogP contribution in [0.1, 0.15) is 39.2 Å². The monoisotopic (exact) mass is 294 g/mol. The van der Waals surface area contributed by atoms with Crippen molar-refractivity contribution in [1.82, 2.24) is 4.98 Å². The highest BCUT2D eigenvalue weighted by atomic mass is 16.6. The first-order valence-corrected chi connectivity index (χ1v) is 7.75. The third kappa shape index (κ3) is 3.53. The smallest absolute Gasteiger partial charge is 0.133 e. The molecule has 1 atom stereocenters. The molecule has 1 aromatic carbocycles. The van der Waals surface area contributed by atoms with Gasteiger partial charge in [0.15, 0.2) is 0 Å². The van der Waals surface area contributed by atoms with E-state index in [9.17, 15) is 0 Å². The summed E-state index contributed by atoms with van der Waals surface area (Å²) in [7, 11) is 0. The summed E-state index contributed by atoms with van der Waals surface area (Å²) in [5.74, 6) is 0. The normalized spacial score (nSPS) is 18.0. The Balaban J connectivity index is 1.70.